The molecule has 1 aromatic rings. The van der Waals surface area contributed by atoms with Crippen molar-refractivity contribution in [1.82, 2.24) is 9.97 Å². The van der Waals surface area contributed by atoms with Crippen molar-refractivity contribution in [2.24, 2.45) is 0 Å². The van der Waals surface area contributed by atoms with E-state index < -0.39 is 9.84 Å². The fourth-order valence-electron chi connectivity index (χ4n) is 2.20. The Labute approximate surface area is 119 Å². The maximum Gasteiger partial charge on any atom is 0.226 e. The molecule has 1 unspecified atom stereocenters. The SMILES string of the molecule is CCCOc1cc(C)nc(NC2CCCS(=O)(=O)C2)n1. The monoisotopic (exact) mass is 299 g/mol. The van der Waals surface area contributed by atoms with Crippen LogP contribution in [0.5, 0.6) is 5.88 Å². The van der Waals surface area contributed by atoms with Crippen LogP contribution in [-0.4, -0.2) is 42.5 Å². The van der Waals surface area contributed by atoms with Gasteiger partial charge in [-0.3, -0.25) is 0 Å². The van der Waals surface area contributed by atoms with Gasteiger partial charge in [0.05, 0.1) is 18.1 Å². The van der Waals surface area contributed by atoms with Gasteiger partial charge >= 0.3 is 0 Å². The minimum absolute atomic E-state index is 0.116. The number of hydrogen-bond acceptors (Lipinski definition) is 6. The van der Waals surface area contributed by atoms with Crippen LogP contribution in [0.1, 0.15) is 31.9 Å². The first-order valence-electron chi connectivity index (χ1n) is 6.94. The first-order valence-corrected chi connectivity index (χ1v) is 8.76. The average molecular weight is 299 g/mol. The van der Waals surface area contributed by atoms with Gasteiger partial charge in [-0.15, -0.1) is 0 Å². The largest absolute Gasteiger partial charge is 0.478 e. The predicted octanol–water partition coefficient (Wildman–Crippen LogP) is 1.56. The zero-order chi connectivity index (χ0) is 14.6. The molecule has 0 saturated carbocycles. The molecule has 1 fully saturated rings. The lowest BCUT2D eigenvalue weighted by Crippen LogP contribution is -2.35. The van der Waals surface area contributed by atoms with E-state index in [1.165, 1.54) is 0 Å². The zero-order valence-corrected chi connectivity index (χ0v) is 12.7. The van der Waals surface area contributed by atoms with E-state index in [1.54, 1.807) is 6.07 Å². The van der Waals surface area contributed by atoms with Gasteiger partial charge in [-0.25, -0.2) is 13.4 Å². The lowest BCUT2D eigenvalue weighted by molar-refractivity contribution is 0.305. The Morgan fingerprint density at radius 3 is 2.95 bits per heavy atom. The van der Waals surface area contributed by atoms with Crippen molar-refractivity contribution in [3.8, 4) is 5.88 Å². The van der Waals surface area contributed by atoms with Crippen LogP contribution in [0.25, 0.3) is 0 Å². The minimum atomic E-state index is -2.94. The summed E-state index contributed by atoms with van der Waals surface area (Å²) in [4.78, 5) is 8.56. The lowest BCUT2D eigenvalue weighted by atomic mass is 10.2. The first-order chi connectivity index (χ1) is 9.48. The van der Waals surface area contributed by atoms with Crippen molar-refractivity contribution in [3.05, 3.63) is 11.8 Å². The van der Waals surface area contributed by atoms with Crippen molar-refractivity contribution in [3.63, 3.8) is 0 Å². The number of nitrogens with zero attached hydrogens (tertiary/aromatic N) is 2. The summed E-state index contributed by atoms with van der Waals surface area (Å²) in [7, 11) is -2.94. The summed E-state index contributed by atoms with van der Waals surface area (Å²) in [6.07, 6.45) is 2.42. The maximum absolute atomic E-state index is 11.6. The van der Waals surface area contributed by atoms with E-state index >= 15 is 0 Å². The Bertz CT molecular complexity index is 560. The van der Waals surface area contributed by atoms with Crippen LogP contribution in [0.15, 0.2) is 6.07 Å². The second kappa shape index (κ2) is 6.39. The lowest BCUT2D eigenvalue weighted by Gasteiger charge is -2.23. The number of ether oxygens (including phenoxy) is 1. The van der Waals surface area contributed by atoms with Gasteiger partial charge in [0.25, 0.3) is 0 Å². The first kappa shape index (κ1) is 15.0. The summed E-state index contributed by atoms with van der Waals surface area (Å²) in [5.41, 5.74) is 0.798. The second-order valence-electron chi connectivity index (χ2n) is 5.12. The van der Waals surface area contributed by atoms with Crippen molar-refractivity contribution in [2.45, 2.75) is 39.2 Å². The molecular weight excluding hydrogens is 278 g/mol. The fraction of sp³-hybridized carbons (Fsp3) is 0.692. The number of nitrogens with one attached hydrogen (secondary N) is 1. The summed E-state index contributed by atoms with van der Waals surface area (Å²) < 4.78 is 28.7. The van der Waals surface area contributed by atoms with E-state index in [-0.39, 0.29) is 17.5 Å². The van der Waals surface area contributed by atoms with Gasteiger partial charge in [-0.1, -0.05) is 6.92 Å². The number of anilines is 1. The summed E-state index contributed by atoms with van der Waals surface area (Å²) in [5, 5.41) is 3.11. The maximum atomic E-state index is 11.6. The van der Waals surface area contributed by atoms with Crippen molar-refractivity contribution < 1.29 is 13.2 Å². The summed E-state index contributed by atoms with van der Waals surface area (Å²) in [6, 6.07) is 1.66. The van der Waals surface area contributed by atoms with Crippen LogP contribution in [0.2, 0.25) is 0 Å². The molecule has 1 N–H and O–H groups in total. The third kappa shape index (κ3) is 4.33. The van der Waals surface area contributed by atoms with Gasteiger partial charge in [0.2, 0.25) is 11.8 Å². The quantitative estimate of drug-likeness (QED) is 0.888. The molecule has 7 heteroatoms. The number of aromatic nitrogens is 2. The molecular formula is C13H21N3O3S. The molecule has 0 amide bonds. The molecule has 1 aliphatic heterocycles. The topological polar surface area (TPSA) is 81.2 Å². The Morgan fingerprint density at radius 1 is 1.45 bits per heavy atom. The molecule has 0 bridgehead atoms. The molecule has 0 spiro atoms. The number of hydrogen-bond donors (Lipinski definition) is 1. The molecule has 0 aromatic carbocycles. The standard InChI is InChI=1S/C13H21N3O3S/c1-3-6-19-12-8-10(2)14-13(16-12)15-11-5-4-7-20(17,18)9-11/h8,11H,3-7,9H2,1-2H3,(H,14,15,16). The van der Waals surface area contributed by atoms with Crippen molar-refractivity contribution >= 4 is 15.8 Å². The molecule has 0 radical (unpaired) electrons. The van der Waals surface area contributed by atoms with Gasteiger partial charge in [0.1, 0.15) is 0 Å². The molecule has 6 nitrogen and oxygen atoms in total. The summed E-state index contributed by atoms with van der Waals surface area (Å²) >= 11 is 0. The second-order valence-corrected chi connectivity index (χ2v) is 7.35. The average Bonchev–Trinajstić information content (AvgIpc) is 2.34. The minimum Gasteiger partial charge on any atom is -0.478 e. The Balaban J connectivity index is 2.06. The number of sulfone groups is 1. The fourth-order valence-corrected chi connectivity index (χ4v) is 3.84. The van der Waals surface area contributed by atoms with Crippen LogP contribution >= 0.6 is 0 Å². The van der Waals surface area contributed by atoms with Crippen molar-refractivity contribution in [2.75, 3.05) is 23.4 Å². The molecule has 0 aliphatic carbocycles. The Kier molecular flexibility index (Phi) is 4.80. The Hall–Kier alpha value is -1.37. The molecule has 20 heavy (non-hydrogen) atoms. The summed E-state index contributed by atoms with van der Waals surface area (Å²) in [5.74, 6) is 1.40. The zero-order valence-electron chi connectivity index (χ0n) is 11.9. The van der Waals surface area contributed by atoms with Crippen LogP contribution in [-0.2, 0) is 9.84 Å². The highest BCUT2D eigenvalue weighted by atomic mass is 32.2. The normalized spacial score (nSPS) is 21.4. The van der Waals surface area contributed by atoms with Gasteiger partial charge in [-0.2, -0.15) is 4.98 Å². The van der Waals surface area contributed by atoms with E-state index in [0.717, 1.165) is 18.5 Å². The molecule has 112 valence electrons. The number of rotatable bonds is 5. The van der Waals surface area contributed by atoms with Gasteiger partial charge in [0.15, 0.2) is 9.84 Å². The molecule has 2 heterocycles. The van der Waals surface area contributed by atoms with E-state index in [9.17, 15) is 8.42 Å². The van der Waals surface area contributed by atoms with E-state index in [1.807, 2.05) is 13.8 Å². The van der Waals surface area contributed by atoms with Gasteiger partial charge in [-0.05, 0) is 26.2 Å². The number of aryl methyl sites for hydroxylation is 1. The highest BCUT2D eigenvalue weighted by Gasteiger charge is 2.25. The van der Waals surface area contributed by atoms with Crippen LogP contribution in [0.4, 0.5) is 5.95 Å². The highest BCUT2D eigenvalue weighted by Crippen LogP contribution is 2.18. The van der Waals surface area contributed by atoms with E-state index in [2.05, 4.69) is 15.3 Å². The smallest absolute Gasteiger partial charge is 0.226 e. The molecule has 1 aromatic heterocycles. The molecule has 1 saturated heterocycles. The van der Waals surface area contributed by atoms with Crippen LogP contribution in [0, 0.1) is 6.92 Å². The van der Waals surface area contributed by atoms with Crippen LogP contribution < -0.4 is 10.1 Å². The van der Waals surface area contributed by atoms with Crippen molar-refractivity contribution in [1.29, 1.82) is 0 Å². The third-order valence-electron chi connectivity index (χ3n) is 3.08. The van der Waals surface area contributed by atoms with E-state index in [0.29, 0.717) is 24.9 Å². The van der Waals surface area contributed by atoms with E-state index in [4.69, 9.17) is 4.74 Å². The van der Waals surface area contributed by atoms with Gasteiger partial charge in [0, 0.05) is 17.8 Å². The predicted molar refractivity (Wildman–Crippen MR) is 77.9 cm³/mol. The highest BCUT2D eigenvalue weighted by molar-refractivity contribution is 7.91. The van der Waals surface area contributed by atoms with Crippen LogP contribution in [0.3, 0.4) is 0 Å². The Morgan fingerprint density at radius 2 is 2.25 bits per heavy atom. The third-order valence-corrected chi connectivity index (χ3v) is 4.90. The molecule has 2 rings (SSSR count). The van der Waals surface area contributed by atoms with Gasteiger partial charge < -0.3 is 10.1 Å². The summed E-state index contributed by atoms with van der Waals surface area (Å²) in [6.45, 7) is 4.50. The molecule has 1 aliphatic rings. The molecule has 1 atom stereocenters.